The molecule has 0 radical (unpaired) electrons. The number of rotatable bonds is 6. The molecule has 19 heavy (non-hydrogen) atoms. The zero-order valence-electron chi connectivity index (χ0n) is 9.12. The van der Waals surface area contributed by atoms with E-state index in [0.717, 1.165) is 0 Å². The fraction of sp³-hybridized carbons (Fsp3) is 0.667. The zero-order chi connectivity index (χ0) is 14.7. The summed E-state index contributed by atoms with van der Waals surface area (Å²) in [6.45, 7) is -0.301. The van der Waals surface area contributed by atoms with E-state index in [1.54, 1.807) is 12.1 Å². The molecular formula is C6H8N2NiO6S4. The third-order valence-corrected chi connectivity index (χ3v) is 2.37. The minimum absolute atomic E-state index is 0. The van der Waals surface area contributed by atoms with Gasteiger partial charge in [0.2, 0.25) is 0 Å². The monoisotopic (exact) mass is 390 g/mol. The number of hydrogen-bond donors (Lipinski definition) is 0. The first-order valence-electron chi connectivity index (χ1n) is 4.07. The van der Waals surface area contributed by atoms with E-state index in [-0.39, 0.29) is 42.5 Å². The van der Waals surface area contributed by atoms with Gasteiger partial charge in [-0.05, 0) is 22.4 Å². The van der Waals surface area contributed by atoms with Gasteiger partial charge in [0.15, 0.2) is 0 Å². The first-order valence-corrected chi connectivity index (χ1v) is 8.73. The average Bonchev–Trinajstić information content (AvgIpc) is 2.16. The van der Waals surface area contributed by atoms with Gasteiger partial charge in [0, 0.05) is 0 Å². The normalized spacial score (nSPS) is 15.2. The van der Waals surface area contributed by atoms with Gasteiger partial charge in [-0.25, -0.2) is 8.42 Å². The largest absolute Gasteiger partial charge is 2.00 e. The van der Waals surface area contributed by atoms with E-state index in [9.17, 15) is 17.5 Å². The van der Waals surface area contributed by atoms with Crippen molar-refractivity contribution in [2.45, 2.75) is 12.8 Å². The van der Waals surface area contributed by atoms with E-state index in [1.807, 2.05) is 0 Å². The van der Waals surface area contributed by atoms with Gasteiger partial charge in [-0.2, -0.15) is 10.5 Å². The van der Waals surface area contributed by atoms with E-state index in [2.05, 4.69) is 30.7 Å². The number of nitriles is 2. The van der Waals surface area contributed by atoms with Crippen molar-refractivity contribution in [3.63, 3.8) is 0 Å². The molecule has 0 aromatic heterocycles. The van der Waals surface area contributed by atoms with Crippen LogP contribution in [-0.4, -0.2) is 30.7 Å². The van der Waals surface area contributed by atoms with Gasteiger partial charge in [-0.1, -0.05) is 0 Å². The molecule has 0 heterocycles. The predicted molar refractivity (Wildman–Crippen MR) is 64.9 cm³/mol. The van der Waals surface area contributed by atoms with Crippen LogP contribution in [0.4, 0.5) is 0 Å². The van der Waals surface area contributed by atoms with Crippen molar-refractivity contribution in [2.24, 2.45) is 0 Å². The summed E-state index contributed by atoms with van der Waals surface area (Å²) in [5, 5.41) is 15.8. The van der Waals surface area contributed by atoms with Crippen molar-refractivity contribution in [1.82, 2.24) is 0 Å². The van der Waals surface area contributed by atoms with Crippen LogP contribution in [0.25, 0.3) is 0 Å². The molecule has 0 saturated carbocycles. The van der Waals surface area contributed by atoms with Gasteiger partial charge in [0.25, 0.3) is 0 Å². The summed E-state index contributed by atoms with van der Waals surface area (Å²) in [7, 11) is -7.53. The molecule has 8 nitrogen and oxygen atoms in total. The Bertz CT molecular complexity index is 457. The molecule has 0 saturated heterocycles. The summed E-state index contributed by atoms with van der Waals surface area (Å²) >= 11 is 7.68. The van der Waals surface area contributed by atoms with Gasteiger partial charge in [-0.3, -0.25) is 8.37 Å². The Kier molecular flexibility index (Phi) is 16.6. The number of hydrogen-bond acceptors (Lipinski definition) is 10. The molecule has 0 rings (SSSR count). The van der Waals surface area contributed by atoms with Gasteiger partial charge in [0.1, 0.15) is 0 Å². The molecule has 2 atom stereocenters. The zero-order valence-corrected chi connectivity index (χ0v) is 13.4. The maximum absolute atomic E-state index is 9.99. The van der Waals surface area contributed by atoms with Crippen molar-refractivity contribution >= 4 is 40.5 Å². The Hall–Kier alpha value is 0.0535. The molecule has 0 aliphatic carbocycles. The van der Waals surface area contributed by atoms with Crippen LogP contribution in [0.15, 0.2) is 0 Å². The third-order valence-electron chi connectivity index (χ3n) is 0.883. The first-order chi connectivity index (χ1) is 8.12. The molecule has 112 valence electrons. The van der Waals surface area contributed by atoms with Gasteiger partial charge < -0.3 is 9.11 Å². The summed E-state index contributed by atoms with van der Waals surface area (Å²) in [6, 6.07) is 3.41. The summed E-state index contributed by atoms with van der Waals surface area (Å²) < 4.78 is 48.0. The molecule has 13 heteroatoms. The third kappa shape index (κ3) is 32.0. The minimum Gasteiger partial charge on any atom is -0.748 e. The summed E-state index contributed by atoms with van der Waals surface area (Å²) in [5.41, 5.74) is 0. The molecule has 0 aliphatic rings. The SMILES string of the molecule is N#CCCOS(=O)([O-])=S.N#CCCOS(=O)([O-])=S.[Ni+2]. The summed E-state index contributed by atoms with van der Waals surface area (Å²) in [6.07, 6.45) is 0.0751. The molecule has 2 unspecified atom stereocenters. The van der Waals surface area contributed by atoms with E-state index < -0.39 is 18.1 Å². The van der Waals surface area contributed by atoms with E-state index in [1.165, 1.54) is 0 Å². The standard InChI is InChI=1S/2C3H5NO3S2.Ni/c2*4-2-1-3-7-9(5,6)8;/h2*1,3H2,(H,5,6,8);/q;;+2/p-2. The van der Waals surface area contributed by atoms with Crippen molar-refractivity contribution in [2.75, 3.05) is 13.2 Å². The smallest absolute Gasteiger partial charge is 0.748 e. The van der Waals surface area contributed by atoms with E-state index in [0.29, 0.717) is 0 Å². The summed E-state index contributed by atoms with van der Waals surface area (Å²) in [5.74, 6) is 0. The molecule has 0 aliphatic heterocycles. The van der Waals surface area contributed by atoms with Crippen LogP contribution >= 0.6 is 0 Å². The predicted octanol–water partition coefficient (Wildman–Crippen LogP) is -0.586. The van der Waals surface area contributed by atoms with Crippen molar-refractivity contribution in [1.29, 1.82) is 10.5 Å². The molecule has 0 aromatic carbocycles. The van der Waals surface area contributed by atoms with Crippen LogP contribution in [0.5, 0.6) is 0 Å². The molecule has 0 amide bonds. The second kappa shape index (κ2) is 13.1. The Morgan fingerprint density at radius 2 is 1.21 bits per heavy atom. The van der Waals surface area contributed by atoms with Crippen LogP contribution < -0.4 is 0 Å². The topological polar surface area (TPSA) is 146 Å². The van der Waals surface area contributed by atoms with Crippen LogP contribution in [0.1, 0.15) is 12.8 Å². The first kappa shape index (κ1) is 24.1. The fourth-order valence-corrected chi connectivity index (χ4v) is 1.36. The molecule has 0 bridgehead atoms. The minimum atomic E-state index is -3.76. The van der Waals surface area contributed by atoms with Crippen molar-refractivity contribution < 1.29 is 42.4 Å². The molecule has 0 aromatic rings. The van der Waals surface area contributed by atoms with Crippen LogP contribution in [0, 0.1) is 22.7 Å². The van der Waals surface area contributed by atoms with Crippen LogP contribution in [-0.2, 0) is 65.3 Å². The van der Waals surface area contributed by atoms with E-state index >= 15 is 0 Å². The molecule has 0 N–H and O–H groups in total. The van der Waals surface area contributed by atoms with Crippen LogP contribution in [0.2, 0.25) is 0 Å². The Labute approximate surface area is 131 Å². The molecule has 0 fully saturated rings. The Morgan fingerprint density at radius 1 is 0.947 bits per heavy atom. The number of nitrogens with zero attached hydrogens (tertiary/aromatic N) is 2. The molecular weight excluding hydrogens is 383 g/mol. The second-order valence-electron chi connectivity index (χ2n) is 2.28. The summed E-state index contributed by atoms with van der Waals surface area (Å²) in [4.78, 5) is 0. The second-order valence-corrected chi connectivity index (χ2v) is 6.83. The van der Waals surface area contributed by atoms with Gasteiger partial charge in [0.05, 0.1) is 56.3 Å². The maximum Gasteiger partial charge on any atom is 2.00 e. The van der Waals surface area contributed by atoms with Gasteiger partial charge >= 0.3 is 16.5 Å². The maximum atomic E-state index is 9.99. The van der Waals surface area contributed by atoms with Crippen molar-refractivity contribution in [3.8, 4) is 12.1 Å². The fourth-order valence-electron chi connectivity index (χ4n) is 0.379. The molecule has 0 spiro atoms. The van der Waals surface area contributed by atoms with Crippen LogP contribution in [0.3, 0.4) is 0 Å². The van der Waals surface area contributed by atoms with Crippen molar-refractivity contribution in [3.05, 3.63) is 0 Å². The average molecular weight is 391 g/mol. The quantitative estimate of drug-likeness (QED) is 0.425. The Balaban J connectivity index is -0.000000256. The Morgan fingerprint density at radius 3 is 1.37 bits per heavy atom. The van der Waals surface area contributed by atoms with E-state index in [4.69, 9.17) is 10.5 Å². The van der Waals surface area contributed by atoms with Gasteiger partial charge in [-0.15, -0.1) is 0 Å².